The van der Waals surface area contributed by atoms with Gasteiger partial charge in [0.2, 0.25) is 5.75 Å². The fourth-order valence-corrected chi connectivity index (χ4v) is 2.91. The smallest absolute Gasteiger partial charge is 0.296 e. The van der Waals surface area contributed by atoms with Crippen LogP contribution in [-0.2, 0) is 30.5 Å². The Morgan fingerprint density at radius 2 is 2.20 bits per heavy atom. The molecule has 2 aromatic heterocycles. The molecule has 9 heteroatoms. The van der Waals surface area contributed by atoms with Crippen LogP contribution in [0.4, 0.5) is 0 Å². The fraction of sp³-hybridized carbons (Fsp3) is 0.500. The number of hydrogen-bond donors (Lipinski definition) is 2. The van der Waals surface area contributed by atoms with Gasteiger partial charge < -0.3 is 15.2 Å². The Morgan fingerprint density at radius 1 is 1.48 bits per heavy atom. The number of aromatic nitrogens is 4. The monoisotopic (exact) mass is 347 g/mol. The first kappa shape index (κ1) is 17.2. The zero-order valence-corrected chi connectivity index (χ0v) is 14.7. The van der Waals surface area contributed by atoms with Crippen LogP contribution in [0.3, 0.4) is 0 Å². The molecule has 0 spiro atoms. The summed E-state index contributed by atoms with van der Waals surface area (Å²) < 4.78 is 8.62. The summed E-state index contributed by atoms with van der Waals surface area (Å²) in [6.07, 6.45) is 0. The summed E-state index contributed by atoms with van der Waals surface area (Å²) >= 11 is 0. The zero-order valence-electron chi connectivity index (χ0n) is 14.7. The molecule has 0 saturated carbocycles. The van der Waals surface area contributed by atoms with Crippen molar-refractivity contribution < 1.29 is 14.6 Å². The van der Waals surface area contributed by atoms with Crippen molar-refractivity contribution in [1.82, 2.24) is 24.6 Å². The van der Waals surface area contributed by atoms with Crippen LogP contribution in [0, 0.1) is 6.92 Å². The average Bonchev–Trinajstić information content (AvgIpc) is 2.86. The number of hydrogen-bond acceptors (Lipinski definition) is 6. The minimum atomic E-state index is -0.820. The van der Waals surface area contributed by atoms with Gasteiger partial charge in [0.1, 0.15) is 11.4 Å². The highest BCUT2D eigenvalue weighted by Gasteiger charge is 2.34. The van der Waals surface area contributed by atoms with Crippen molar-refractivity contribution in [3.63, 3.8) is 0 Å². The molecule has 3 heterocycles. The Morgan fingerprint density at radius 3 is 2.84 bits per heavy atom. The predicted molar refractivity (Wildman–Crippen MR) is 88.3 cm³/mol. The van der Waals surface area contributed by atoms with Gasteiger partial charge in [-0.25, -0.2) is 4.98 Å². The van der Waals surface area contributed by atoms with Crippen LogP contribution >= 0.6 is 0 Å². The van der Waals surface area contributed by atoms with Crippen LogP contribution in [0.15, 0.2) is 10.9 Å². The second kappa shape index (κ2) is 5.99. The Bertz CT molecular complexity index is 897. The number of carbonyl (C=O) groups excluding carboxylic acids is 1. The van der Waals surface area contributed by atoms with Gasteiger partial charge in [0.15, 0.2) is 5.69 Å². The lowest BCUT2D eigenvalue weighted by atomic mass is 10.1. The Balaban J connectivity index is 1.92. The number of fused-ring (bicyclic) bond motifs is 1. The molecule has 1 amide bonds. The van der Waals surface area contributed by atoms with Gasteiger partial charge in [-0.05, 0) is 26.8 Å². The van der Waals surface area contributed by atoms with Gasteiger partial charge in [-0.1, -0.05) is 0 Å². The van der Waals surface area contributed by atoms with Crippen LogP contribution in [0.2, 0.25) is 0 Å². The lowest BCUT2D eigenvalue weighted by Gasteiger charge is -2.32. The average molecular weight is 347 g/mol. The van der Waals surface area contributed by atoms with Crippen molar-refractivity contribution in [3.05, 3.63) is 39.3 Å². The maximum absolute atomic E-state index is 12.5. The molecule has 25 heavy (non-hydrogen) atoms. The van der Waals surface area contributed by atoms with Crippen LogP contribution in [-0.4, -0.2) is 37.0 Å². The van der Waals surface area contributed by atoms with Gasteiger partial charge >= 0.3 is 0 Å². The van der Waals surface area contributed by atoms with E-state index in [2.05, 4.69) is 15.4 Å². The van der Waals surface area contributed by atoms with Crippen molar-refractivity contribution in [2.75, 3.05) is 6.61 Å². The van der Waals surface area contributed by atoms with E-state index in [4.69, 9.17) is 4.74 Å². The molecule has 0 saturated heterocycles. The van der Waals surface area contributed by atoms with Crippen molar-refractivity contribution in [2.24, 2.45) is 7.05 Å². The first-order valence-electron chi connectivity index (χ1n) is 7.96. The molecular formula is C16H21N5O4. The molecule has 134 valence electrons. The normalized spacial score (nSPS) is 15.7. The largest absolute Gasteiger partial charge is 0.501 e. The highest BCUT2D eigenvalue weighted by molar-refractivity contribution is 5.94. The zero-order chi connectivity index (χ0) is 18.4. The summed E-state index contributed by atoms with van der Waals surface area (Å²) in [7, 11) is 1.77. The minimum Gasteiger partial charge on any atom is -0.501 e. The third kappa shape index (κ3) is 3.02. The summed E-state index contributed by atoms with van der Waals surface area (Å²) in [5.74, 6) is -0.957. The fourth-order valence-electron chi connectivity index (χ4n) is 2.91. The first-order chi connectivity index (χ1) is 11.7. The van der Waals surface area contributed by atoms with Crippen molar-refractivity contribution in [3.8, 4) is 5.75 Å². The van der Waals surface area contributed by atoms with Gasteiger partial charge in [0.25, 0.3) is 11.5 Å². The summed E-state index contributed by atoms with van der Waals surface area (Å²) in [5.41, 5.74) is -0.127. The number of ether oxygens (including phenoxy) is 1. The van der Waals surface area contributed by atoms with E-state index in [0.717, 1.165) is 11.4 Å². The van der Waals surface area contributed by atoms with Gasteiger partial charge in [-0.15, -0.1) is 0 Å². The molecule has 9 nitrogen and oxygen atoms in total. The van der Waals surface area contributed by atoms with Gasteiger partial charge in [0, 0.05) is 7.05 Å². The van der Waals surface area contributed by atoms with E-state index in [1.54, 1.807) is 25.6 Å². The number of amides is 1. The molecule has 0 bridgehead atoms. The number of carbonyl (C=O) groups is 1. The molecule has 0 unspecified atom stereocenters. The van der Waals surface area contributed by atoms with E-state index >= 15 is 0 Å². The Hall–Kier alpha value is -2.68. The van der Waals surface area contributed by atoms with E-state index < -0.39 is 22.8 Å². The maximum atomic E-state index is 12.5. The first-order valence-corrected chi connectivity index (χ1v) is 7.96. The number of aryl methyl sites for hydroxylation is 2. The number of aromatic hydroxyl groups is 1. The quantitative estimate of drug-likeness (QED) is 0.820. The molecule has 0 radical (unpaired) electrons. The van der Waals surface area contributed by atoms with Gasteiger partial charge in [-0.3, -0.25) is 18.8 Å². The van der Waals surface area contributed by atoms with Gasteiger partial charge in [-0.2, -0.15) is 5.10 Å². The van der Waals surface area contributed by atoms with E-state index in [-0.39, 0.29) is 18.8 Å². The molecule has 2 aromatic rings. The predicted octanol–water partition coefficient (Wildman–Crippen LogP) is 0.186. The second-order valence-corrected chi connectivity index (χ2v) is 6.53. The minimum absolute atomic E-state index is 0.204. The van der Waals surface area contributed by atoms with Crippen molar-refractivity contribution >= 4 is 5.91 Å². The number of nitrogens with zero attached hydrogens (tertiary/aromatic N) is 4. The Labute approximate surface area is 144 Å². The lowest BCUT2D eigenvalue weighted by Crippen LogP contribution is -2.42. The topological polar surface area (TPSA) is 111 Å². The van der Waals surface area contributed by atoms with E-state index in [1.807, 2.05) is 13.0 Å². The van der Waals surface area contributed by atoms with Crippen LogP contribution in [0.5, 0.6) is 5.75 Å². The van der Waals surface area contributed by atoms with E-state index in [1.165, 1.54) is 4.57 Å². The molecule has 1 aliphatic rings. The molecule has 0 fully saturated rings. The Kier molecular flexibility index (Phi) is 4.11. The SMILES string of the molecule is Cc1cc(CNC(=O)c2nc3n(c(=O)c2O)CCOC3(C)C)n(C)n1. The molecule has 1 aliphatic heterocycles. The number of rotatable bonds is 3. The van der Waals surface area contributed by atoms with E-state index in [9.17, 15) is 14.7 Å². The third-order valence-corrected chi connectivity index (χ3v) is 4.21. The van der Waals surface area contributed by atoms with Crippen molar-refractivity contribution in [2.45, 2.75) is 39.5 Å². The van der Waals surface area contributed by atoms with Crippen LogP contribution in [0.25, 0.3) is 0 Å². The molecule has 0 atom stereocenters. The highest BCUT2D eigenvalue weighted by atomic mass is 16.5. The molecule has 0 aliphatic carbocycles. The third-order valence-electron chi connectivity index (χ3n) is 4.21. The summed E-state index contributed by atoms with van der Waals surface area (Å²) in [6, 6.07) is 1.84. The second-order valence-electron chi connectivity index (χ2n) is 6.53. The molecular weight excluding hydrogens is 326 g/mol. The highest BCUT2D eigenvalue weighted by Crippen LogP contribution is 2.27. The standard InChI is InChI=1S/C16H21N5O4/c1-9-7-10(20(4)19-9)8-17-13(23)11-12(22)14(24)21-5-6-25-16(2,3)15(21)18-11/h7,22H,5-6,8H2,1-4H3,(H,17,23). The van der Waals surface area contributed by atoms with Crippen LogP contribution < -0.4 is 10.9 Å². The molecule has 0 aromatic carbocycles. The van der Waals surface area contributed by atoms with Gasteiger partial charge in [0.05, 0.1) is 31.1 Å². The van der Waals surface area contributed by atoms with Crippen LogP contribution in [0.1, 0.15) is 41.5 Å². The van der Waals surface area contributed by atoms with Crippen molar-refractivity contribution in [1.29, 1.82) is 0 Å². The lowest BCUT2D eigenvalue weighted by molar-refractivity contribution is -0.0566. The summed E-state index contributed by atoms with van der Waals surface area (Å²) in [5, 5.41) is 17.0. The summed E-state index contributed by atoms with van der Waals surface area (Å²) in [4.78, 5) is 29.1. The van der Waals surface area contributed by atoms with E-state index in [0.29, 0.717) is 12.4 Å². The molecule has 2 N–H and O–H groups in total. The molecule has 3 rings (SSSR count). The summed E-state index contributed by atoms with van der Waals surface area (Å²) in [6.45, 7) is 6.21. The maximum Gasteiger partial charge on any atom is 0.296 e. The number of nitrogens with one attached hydrogen (secondary N) is 1.